The van der Waals surface area contributed by atoms with Gasteiger partial charge in [0.2, 0.25) is 0 Å². The van der Waals surface area contributed by atoms with E-state index in [4.69, 9.17) is 0 Å². The Morgan fingerprint density at radius 1 is 1.20 bits per heavy atom. The summed E-state index contributed by atoms with van der Waals surface area (Å²) in [6, 6.07) is 4.44. The second kappa shape index (κ2) is 5.24. The summed E-state index contributed by atoms with van der Waals surface area (Å²) >= 11 is 0. The van der Waals surface area contributed by atoms with E-state index in [0.717, 1.165) is 0 Å². The minimum atomic E-state index is -4.66. The van der Waals surface area contributed by atoms with E-state index in [0.29, 0.717) is 18.2 Å². The summed E-state index contributed by atoms with van der Waals surface area (Å²) in [5.74, 6) is -2.08. The van der Waals surface area contributed by atoms with E-state index in [-0.39, 0.29) is 5.82 Å². The summed E-state index contributed by atoms with van der Waals surface area (Å²) < 4.78 is 51.0. The number of nitrogens with zero attached hydrogens (tertiary/aromatic N) is 2. The van der Waals surface area contributed by atoms with Crippen LogP contribution in [0.5, 0.6) is 0 Å². The minimum absolute atomic E-state index is 0.00862. The van der Waals surface area contributed by atoms with Crippen LogP contribution >= 0.6 is 0 Å². The molecule has 0 fully saturated rings. The zero-order valence-corrected chi connectivity index (χ0v) is 9.78. The van der Waals surface area contributed by atoms with E-state index < -0.39 is 29.0 Å². The van der Waals surface area contributed by atoms with Crippen molar-refractivity contribution in [2.45, 2.75) is 6.18 Å². The summed E-state index contributed by atoms with van der Waals surface area (Å²) in [4.78, 5) is 11.7. The lowest BCUT2D eigenvalue weighted by molar-refractivity contribution is -0.137. The quantitative estimate of drug-likeness (QED) is 0.863. The number of carbonyl (C=O) groups excluding carboxylic acids is 1. The smallest absolute Gasteiger partial charge is 0.305 e. The van der Waals surface area contributed by atoms with Crippen LogP contribution in [0.25, 0.3) is 0 Å². The molecule has 1 N–H and O–H groups in total. The van der Waals surface area contributed by atoms with Crippen LogP contribution in [0.1, 0.15) is 15.9 Å². The molecule has 0 saturated heterocycles. The lowest BCUT2D eigenvalue weighted by atomic mass is 10.1. The van der Waals surface area contributed by atoms with Gasteiger partial charge in [-0.3, -0.25) is 4.79 Å². The van der Waals surface area contributed by atoms with Crippen molar-refractivity contribution < 1.29 is 22.4 Å². The SMILES string of the molecule is O=C(Nc1cccnn1)c1cc(C(F)(F)F)ccc1F. The molecule has 0 saturated carbocycles. The Hall–Kier alpha value is -2.51. The van der Waals surface area contributed by atoms with E-state index in [9.17, 15) is 22.4 Å². The monoisotopic (exact) mass is 285 g/mol. The van der Waals surface area contributed by atoms with Gasteiger partial charge in [-0.05, 0) is 30.3 Å². The maximum Gasteiger partial charge on any atom is 0.416 e. The maximum absolute atomic E-state index is 13.4. The molecule has 1 amide bonds. The Labute approximate surface area is 110 Å². The third kappa shape index (κ3) is 3.08. The summed E-state index contributed by atoms with van der Waals surface area (Å²) in [5, 5.41) is 9.15. The van der Waals surface area contributed by atoms with Crippen LogP contribution in [0.2, 0.25) is 0 Å². The molecular formula is C12H7F4N3O. The van der Waals surface area contributed by atoms with Crippen molar-refractivity contribution in [1.29, 1.82) is 0 Å². The van der Waals surface area contributed by atoms with Gasteiger partial charge in [-0.1, -0.05) is 0 Å². The van der Waals surface area contributed by atoms with Gasteiger partial charge in [-0.25, -0.2) is 4.39 Å². The molecule has 0 aliphatic rings. The summed E-state index contributed by atoms with van der Waals surface area (Å²) in [7, 11) is 0. The Morgan fingerprint density at radius 2 is 1.95 bits per heavy atom. The van der Waals surface area contributed by atoms with E-state index in [1.807, 2.05) is 0 Å². The molecule has 2 rings (SSSR count). The van der Waals surface area contributed by atoms with Crippen LogP contribution < -0.4 is 5.32 Å². The fraction of sp³-hybridized carbons (Fsp3) is 0.0833. The number of benzene rings is 1. The van der Waals surface area contributed by atoms with Crippen molar-refractivity contribution in [3.8, 4) is 0 Å². The number of rotatable bonds is 2. The molecule has 0 aliphatic heterocycles. The van der Waals surface area contributed by atoms with E-state index in [1.165, 1.54) is 18.3 Å². The lowest BCUT2D eigenvalue weighted by Crippen LogP contribution is -2.16. The van der Waals surface area contributed by atoms with Crippen LogP contribution in [-0.2, 0) is 6.18 Å². The molecule has 0 aliphatic carbocycles. The highest BCUT2D eigenvalue weighted by atomic mass is 19.4. The number of aromatic nitrogens is 2. The third-order valence-electron chi connectivity index (χ3n) is 2.35. The molecule has 0 unspecified atom stereocenters. The Kier molecular flexibility index (Phi) is 3.64. The van der Waals surface area contributed by atoms with Crippen molar-refractivity contribution in [2.75, 3.05) is 5.32 Å². The average molecular weight is 285 g/mol. The topological polar surface area (TPSA) is 54.9 Å². The number of hydrogen-bond donors (Lipinski definition) is 1. The Bertz CT molecular complexity index is 628. The molecule has 1 heterocycles. The zero-order chi connectivity index (χ0) is 14.8. The number of halogens is 4. The molecular weight excluding hydrogens is 278 g/mol. The van der Waals surface area contributed by atoms with E-state index in [2.05, 4.69) is 15.5 Å². The van der Waals surface area contributed by atoms with Crippen LogP contribution in [0.4, 0.5) is 23.4 Å². The second-order valence-corrected chi connectivity index (χ2v) is 3.76. The molecule has 104 valence electrons. The molecule has 2 aromatic rings. The first-order chi connectivity index (χ1) is 9.38. The van der Waals surface area contributed by atoms with Crippen molar-refractivity contribution in [2.24, 2.45) is 0 Å². The maximum atomic E-state index is 13.4. The molecule has 4 nitrogen and oxygen atoms in total. The van der Waals surface area contributed by atoms with E-state index >= 15 is 0 Å². The van der Waals surface area contributed by atoms with Gasteiger partial charge in [0.15, 0.2) is 5.82 Å². The van der Waals surface area contributed by atoms with Gasteiger partial charge in [-0.2, -0.15) is 18.3 Å². The standard InChI is InChI=1S/C12H7F4N3O/c13-9-4-3-7(12(14,15)16)6-8(9)11(20)18-10-2-1-5-17-19-10/h1-6H,(H,18,19,20). The molecule has 8 heteroatoms. The van der Waals surface area contributed by atoms with Gasteiger partial charge in [0, 0.05) is 6.20 Å². The molecule has 0 bridgehead atoms. The molecule has 0 atom stereocenters. The largest absolute Gasteiger partial charge is 0.416 e. The molecule has 0 radical (unpaired) electrons. The second-order valence-electron chi connectivity index (χ2n) is 3.76. The number of carbonyl (C=O) groups is 1. The van der Waals surface area contributed by atoms with Gasteiger partial charge in [0.25, 0.3) is 5.91 Å². The van der Waals surface area contributed by atoms with Crippen LogP contribution in [0, 0.1) is 5.82 Å². The summed E-state index contributed by atoms with van der Waals surface area (Å²) in [5.41, 5.74) is -1.83. The Morgan fingerprint density at radius 3 is 2.55 bits per heavy atom. The van der Waals surface area contributed by atoms with Gasteiger partial charge in [-0.15, -0.1) is 5.10 Å². The minimum Gasteiger partial charge on any atom is -0.305 e. The van der Waals surface area contributed by atoms with Crippen molar-refractivity contribution in [3.63, 3.8) is 0 Å². The van der Waals surface area contributed by atoms with Gasteiger partial charge < -0.3 is 5.32 Å². The van der Waals surface area contributed by atoms with Crippen LogP contribution in [0.3, 0.4) is 0 Å². The number of hydrogen-bond acceptors (Lipinski definition) is 3. The lowest BCUT2D eigenvalue weighted by Gasteiger charge is -2.09. The highest BCUT2D eigenvalue weighted by molar-refractivity contribution is 6.04. The third-order valence-corrected chi connectivity index (χ3v) is 2.35. The first-order valence-electron chi connectivity index (χ1n) is 5.34. The first-order valence-corrected chi connectivity index (χ1v) is 5.34. The molecule has 20 heavy (non-hydrogen) atoms. The fourth-order valence-corrected chi connectivity index (χ4v) is 1.43. The first kappa shape index (κ1) is 13.9. The fourth-order valence-electron chi connectivity index (χ4n) is 1.43. The highest BCUT2D eigenvalue weighted by Gasteiger charge is 2.31. The number of anilines is 1. The average Bonchev–Trinajstić information content (AvgIpc) is 2.39. The highest BCUT2D eigenvalue weighted by Crippen LogP contribution is 2.30. The van der Waals surface area contributed by atoms with Crippen molar-refractivity contribution >= 4 is 11.7 Å². The van der Waals surface area contributed by atoms with Crippen LogP contribution in [-0.4, -0.2) is 16.1 Å². The summed E-state index contributed by atoms with van der Waals surface area (Å²) in [6.45, 7) is 0. The number of alkyl halides is 3. The zero-order valence-electron chi connectivity index (χ0n) is 9.78. The van der Waals surface area contributed by atoms with Crippen molar-refractivity contribution in [3.05, 3.63) is 53.5 Å². The molecule has 0 spiro atoms. The Balaban J connectivity index is 2.30. The predicted octanol–water partition coefficient (Wildman–Crippen LogP) is 2.89. The predicted molar refractivity (Wildman–Crippen MR) is 61.4 cm³/mol. The van der Waals surface area contributed by atoms with Gasteiger partial charge >= 0.3 is 6.18 Å². The molecule has 1 aromatic heterocycles. The van der Waals surface area contributed by atoms with Crippen molar-refractivity contribution in [1.82, 2.24) is 10.2 Å². The number of amides is 1. The number of nitrogens with one attached hydrogen (secondary N) is 1. The van der Waals surface area contributed by atoms with Crippen LogP contribution in [0.15, 0.2) is 36.5 Å². The van der Waals surface area contributed by atoms with Gasteiger partial charge in [0.05, 0.1) is 11.1 Å². The normalized spacial score (nSPS) is 11.2. The van der Waals surface area contributed by atoms with E-state index in [1.54, 1.807) is 0 Å². The van der Waals surface area contributed by atoms with Gasteiger partial charge in [0.1, 0.15) is 5.82 Å². The molecule has 1 aromatic carbocycles. The summed E-state index contributed by atoms with van der Waals surface area (Å²) in [6.07, 6.45) is -3.31.